The summed E-state index contributed by atoms with van der Waals surface area (Å²) in [5.74, 6) is 0. The Labute approximate surface area is 138 Å². The predicted octanol–water partition coefficient (Wildman–Crippen LogP) is 1.23. The standard InChI is InChI=1S/C16H17N7O/c24-16-18-7-9-22(16)8-6-17-14-10-13(12-4-2-1-3-5-12)21-23-11-19-20-15(14)23/h1-5,10-11,17H,6-9H2,(H,18,24). The first-order valence-corrected chi connectivity index (χ1v) is 7.84. The summed E-state index contributed by atoms with van der Waals surface area (Å²) in [6, 6.07) is 11.9. The lowest BCUT2D eigenvalue weighted by Gasteiger charge is -2.15. The molecule has 0 aliphatic carbocycles. The summed E-state index contributed by atoms with van der Waals surface area (Å²) in [4.78, 5) is 13.4. The van der Waals surface area contributed by atoms with Crippen LogP contribution in [0.15, 0.2) is 42.7 Å². The molecule has 24 heavy (non-hydrogen) atoms. The van der Waals surface area contributed by atoms with Gasteiger partial charge in [0.1, 0.15) is 6.33 Å². The highest BCUT2D eigenvalue weighted by Gasteiger charge is 2.18. The van der Waals surface area contributed by atoms with Crippen molar-refractivity contribution in [1.29, 1.82) is 0 Å². The highest BCUT2D eigenvalue weighted by Crippen LogP contribution is 2.22. The van der Waals surface area contributed by atoms with Gasteiger partial charge in [0.05, 0.1) is 11.4 Å². The number of rotatable bonds is 5. The lowest BCUT2D eigenvalue weighted by Crippen LogP contribution is -2.32. The molecule has 1 aliphatic rings. The number of carbonyl (C=O) groups excluding carboxylic acids is 1. The molecule has 0 atom stereocenters. The summed E-state index contributed by atoms with van der Waals surface area (Å²) in [5, 5.41) is 18.7. The van der Waals surface area contributed by atoms with E-state index in [1.54, 1.807) is 15.7 Å². The van der Waals surface area contributed by atoms with Crippen LogP contribution in [0.5, 0.6) is 0 Å². The number of carbonyl (C=O) groups is 1. The summed E-state index contributed by atoms with van der Waals surface area (Å²) >= 11 is 0. The van der Waals surface area contributed by atoms with Crippen LogP contribution in [-0.2, 0) is 0 Å². The van der Waals surface area contributed by atoms with Crippen LogP contribution >= 0.6 is 0 Å². The fourth-order valence-corrected chi connectivity index (χ4v) is 2.76. The zero-order valence-corrected chi connectivity index (χ0v) is 13.0. The van der Waals surface area contributed by atoms with Crippen molar-refractivity contribution < 1.29 is 4.79 Å². The number of urea groups is 1. The fraction of sp³-hybridized carbons (Fsp3) is 0.250. The Balaban J connectivity index is 1.57. The molecule has 4 rings (SSSR count). The zero-order valence-electron chi connectivity index (χ0n) is 13.0. The third-order valence-electron chi connectivity index (χ3n) is 3.98. The van der Waals surface area contributed by atoms with Gasteiger partial charge in [-0.05, 0) is 6.07 Å². The smallest absolute Gasteiger partial charge is 0.317 e. The third-order valence-corrected chi connectivity index (χ3v) is 3.98. The van der Waals surface area contributed by atoms with E-state index in [-0.39, 0.29) is 6.03 Å². The van der Waals surface area contributed by atoms with Gasteiger partial charge in [-0.1, -0.05) is 30.3 Å². The normalized spacial score (nSPS) is 14.2. The van der Waals surface area contributed by atoms with Gasteiger partial charge in [0, 0.05) is 31.7 Å². The summed E-state index contributed by atoms with van der Waals surface area (Å²) in [7, 11) is 0. The summed E-state index contributed by atoms with van der Waals surface area (Å²) in [5.41, 5.74) is 3.38. The Morgan fingerprint density at radius 3 is 2.92 bits per heavy atom. The number of hydrogen-bond donors (Lipinski definition) is 2. The molecule has 8 heteroatoms. The lowest BCUT2D eigenvalue weighted by atomic mass is 10.1. The minimum absolute atomic E-state index is 0.0101. The van der Waals surface area contributed by atoms with Gasteiger partial charge in [-0.2, -0.15) is 9.61 Å². The van der Waals surface area contributed by atoms with Gasteiger partial charge in [0.2, 0.25) is 5.65 Å². The number of amides is 2. The number of aromatic nitrogens is 4. The van der Waals surface area contributed by atoms with Crippen molar-refractivity contribution in [1.82, 2.24) is 30.0 Å². The average molecular weight is 323 g/mol. The molecule has 2 N–H and O–H groups in total. The second kappa shape index (κ2) is 6.15. The van der Waals surface area contributed by atoms with Gasteiger partial charge in [-0.25, -0.2) is 4.79 Å². The van der Waals surface area contributed by atoms with Crippen LogP contribution in [0.2, 0.25) is 0 Å². The van der Waals surface area contributed by atoms with Crippen molar-refractivity contribution in [3.05, 3.63) is 42.7 Å². The van der Waals surface area contributed by atoms with Crippen molar-refractivity contribution in [3.63, 3.8) is 0 Å². The molecule has 1 aromatic carbocycles. The summed E-state index contributed by atoms with van der Waals surface area (Å²) in [6.45, 7) is 2.72. The van der Waals surface area contributed by atoms with Gasteiger partial charge >= 0.3 is 6.03 Å². The van der Waals surface area contributed by atoms with Crippen LogP contribution < -0.4 is 10.6 Å². The van der Waals surface area contributed by atoms with E-state index in [1.165, 1.54) is 0 Å². The van der Waals surface area contributed by atoms with Crippen molar-refractivity contribution in [3.8, 4) is 11.3 Å². The number of fused-ring (bicyclic) bond motifs is 1. The number of anilines is 1. The van der Waals surface area contributed by atoms with Crippen molar-refractivity contribution >= 4 is 17.4 Å². The van der Waals surface area contributed by atoms with Gasteiger partial charge in [0.15, 0.2) is 0 Å². The molecule has 0 bridgehead atoms. The van der Waals surface area contributed by atoms with Crippen LogP contribution in [0.25, 0.3) is 16.9 Å². The van der Waals surface area contributed by atoms with E-state index in [2.05, 4.69) is 25.9 Å². The molecular weight excluding hydrogens is 306 g/mol. The molecule has 8 nitrogen and oxygen atoms in total. The second-order valence-electron chi connectivity index (χ2n) is 5.55. The highest BCUT2D eigenvalue weighted by molar-refractivity contribution is 5.76. The molecular formula is C16H17N7O. The molecule has 1 aliphatic heterocycles. The monoisotopic (exact) mass is 323 g/mol. The summed E-state index contributed by atoms with van der Waals surface area (Å²) in [6.07, 6.45) is 1.58. The van der Waals surface area contributed by atoms with E-state index in [1.807, 2.05) is 36.4 Å². The predicted molar refractivity (Wildman–Crippen MR) is 89.7 cm³/mol. The Kier molecular flexibility index (Phi) is 3.70. The van der Waals surface area contributed by atoms with Crippen LogP contribution in [0.4, 0.5) is 10.5 Å². The quantitative estimate of drug-likeness (QED) is 0.737. The number of benzene rings is 1. The largest absolute Gasteiger partial charge is 0.380 e. The molecule has 0 radical (unpaired) electrons. The Morgan fingerprint density at radius 2 is 2.12 bits per heavy atom. The lowest BCUT2D eigenvalue weighted by molar-refractivity contribution is 0.219. The highest BCUT2D eigenvalue weighted by atomic mass is 16.2. The van der Waals surface area contributed by atoms with Crippen molar-refractivity contribution in [2.45, 2.75) is 0 Å². The van der Waals surface area contributed by atoms with Crippen LogP contribution in [0.3, 0.4) is 0 Å². The molecule has 3 aromatic rings. The van der Waals surface area contributed by atoms with Gasteiger partial charge in [-0.3, -0.25) is 0 Å². The van der Waals surface area contributed by atoms with E-state index >= 15 is 0 Å². The van der Waals surface area contributed by atoms with E-state index < -0.39 is 0 Å². The summed E-state index contributed by atoms with van der Waals surface area (Å²) < 4.78 is 1.66. The first-order valence-electron chi connectivity index (χ1n) is 7.84. The fourth-order valence-electron chi connectivity index (χ4n) is 2.76. The maximum atomic E-state index is 11.6. The van der Waals surface area contributed by atoms with Crippen molar-refractivity contribution in [2.24, 2.45) is 0 Å². The average Bonchev–Trinajstić information content (AvgIpc) is 3.24. The number of nitrogens with one attached hydrogen (secondary N) is 2. The molecule has 3 heterocycles. The zero-order chi connectivity index (χ0) is 16.4. The van der Waals surface area contributed by atoms with E-state index in [9.17, 15) is 4.79 Å². The molecule has 1 fully saturated rings. The van der Waals surface area contributed by atoms with Crippen LogP contribution in [0, 0.1) is 0 Å². The Hall–Kier alpha value is -3.16. The topological polar surface area (TPSA) is 87.5 Å². The van der Waals surface area contributed by atoms with E-state index in [0.29, 0.717) is 25.3 Å². The molecule has 2 amide bonds. The molecule has 122 valence electrons. The van der Waals surface area contributed by atoms with Crippen LogP contribution in [0.1, 0.15) is 0 Å². The minimum Gasteiger partial charge on any atom is -0.380 e. The first kappa shape index (κ1) is 14.4. The minimum atomic E-state index is -0.0101. The SMILES string of the molecule is O=C1NCCN1CCNc1cc(-c2ccccc2)nn2cnnc12. The molecule has 2 aromatic heterocycles. The maximum absolute atomic E-state index is 11.6. The Morgan fingerprint density at radius 1 is 1.25 bits per heavy atom. The second-order valence-corrected chi connectivity index (χ2v) is 5.55. The van der Waals surface area contributed by atoms with Crippen molar-refractivity contribution in [2.75, 3.05) is 31.5 Å². The third kappa shape index (κ3) is 2.73. The molecule has 0 spiro atoms. The van der Waals surface area contributed by atoms with E-state index in [4.69, 9.17) is 0 Å². The molecule has 1 saturated heterocycles. The van der Waals surface area contributed by atoms with Gasteiger partial charge in [-0.15, -0.1) is 10.2 Å². The number of hydrogen-bond acceptors (Lipinski definition) is 5. The first-order chi connectivity index (χ1) is 11.8. The van der Waals surface area contributed by atoms with Gasteiger partial charge < -0.3 is 15.5 Å². The molecule has 0 unspecified atom stereocenters. The maximum Gasteiger partial charge on any atom is 0.317 e. The molecule has 0 saturated carbocycles. The Bertz CT molecular complexity index is 861. The van der Waals surface area contributed by atoms with Crippen LogP contribution in [-0.4, -0.2) is 56.9 Å². The van der Waals surface area contributed by atoms with E-state index in [0.717, 1.165) is 23.5 Å². The number of nitrogens with zero attached hydrogens (tertiary/aromatic N) is 5. The van der Waals surface area contributed by atoms with Gasteiger partial charge in [0.25, 0.3) is 0 Å².